The van der Waals surface area contributed by atoms with Crippen molar-refractivity contribution >= 4 is 17.4 Å². The summed E-state index contributed by atoms with van der Waals surface area (Å²) >= 11 is 1.15. The van der Waals surface area contributed by atoms with E-state index in [1.807, 2.05) is 13.8 Å². The molecular weight excluding hydrogens is 292 g/mol. The second-order valence-corrected chi connectivity index (χ2v) is 5.55. The molecule has 0 aromatic carbocycles. The number of aryl methyl sites for hydroxylation is 2. The maximum absolute atomic E-state index is 12.6. The highest BCUT2D eigenvalue weighted by Crippen LogP contribution is 2.22. The highest BCUT2D eigenvalue weighted by atomic mass is 32.1. The van der Waals surface area contributed by atoms with Crippen molar-refractivity contribution < 1.29 is 9.53 Å². The van der Waals surface area contributed by atoms with Gasteiger partial charge in [-0.2, -0.15) is 5.10 Å². The fourth-order valence-electron chi connectivity index (χ4n) is 2.24. The summed E-state index contributed by atoms with van der Waals surface area (Å²) in [7, 11) is 0. The zero-order valence-electron chi connectivity index (χ0n) is 11.9. The Morgan fingerprint density at radius 1 is 1.57 bits per heavy atom. The molecular formula is C12H16N6O2S. The van der Waals surface area contributed by atoms with Gasteiger partial charge in [-0.3, -0.25) is 9.89 Å². The van der Waals surface area contributed by atoms with Crippen LogP contribution in [0.15, 0.2) is 0 Å². The maximum Gasteiger partial charge on any atom is 0.267 e. The molecule has 0 radical (unpaired) electrons. The van der Waals surface area contributed by atoms with Crippen molar-refractivity contribution in [2.24, 2.45) is 0 Å². The number of morpholine rings is 1. The summed E-state index contributed by atoms with van der Waals surface area (Å²) in [5.41, 5.74) is 0.752. The molecule has 1 atom stereocenters. The minimum atomic E-state index is -0.293. The SMILES string of the molecule is CCc1nnsc1C(=O)N1CCO[C@@H](c2n[nH]c(C)n2)C1. The van der Waals surface area contributed by atoms with Crippen LogP contribution in [-0.2, 0) is 11.2 Å². The van der Waals surface area contributed by atoms with Crippen LogP contribution in [0.25, 0.3) is 0 Å². The van der Waals surface area contributed by atoms with Gasteiger partial charge in [0.2, 0.25) is 0 Å². The molecule has 1 aliphatic heterocycles. The summed E-state index contributed by atoms with van der Waals surface area (Å²) in [5, 5.41) is 10.9. The molecule has 2 aromatic heterocycles. The van der Waals surface area contributed by atoms with Crippen LogP contribution in [-0.4, -0.2) is 55.3 Å². The van der Waals surface area contributed by atoms with E-state index in [-0.39, 0.29) is 12.0 Å². The van der Waals surface area contributed by atoms with E-state index in [1.165, 1.54) is 0 Å². The van der Waals surface area contributed by atoms with E-state index in [4.69, 9.17) is 4.74 Å². The molecule has 0 saturated carbocycles. The van der Waals surface area contributed by atoms with E-state index in [0.717, 1.165) is 23.1 Å². The van der Waals surface area contributed by atoms with E-state index < -0.39 is 0 Å². The quantitative estimate of drug-likeness (QED) is 0.898. The lowest BCUT2D eigenvalue weighted by atomic mass is 10.2. The molecule has 1 aliphatic rings. The Morgan fingerprint density at radius 2 is 2.43 bits per heavy atom. The Bertz CT molecular complexity index is 639. The van der Waals surface area contributed by atoms with Gasteiger partial charge < -0.3 is 9.64 Å². The number of H-pyrrole nitrogens is 1. The predicted octanol–water partition coefficient (Wildman–Crippen LogP) is 0.741. The minimum absolute atomic E-state index is 0.0394. The molecule has 3 heterocycles. The zero-order valence-corrected chi connectivity index (χ0v) is 12.7. The smallest absolute Gasteiger partial charge is 0.267 e. The van der Waals surface area contributed by atoms with E-state index in [9.17, 15) is 4.79 Å². The second kappa shape index (κ2) is 5.86. The summed E-state index contributed by atoms with van der Waals surface area (Å²) in [6.07, 6.45) is 0.407. The first-order valence-electron chi connectivity index (χ1n) is 6.80. The molecule has 1 saturated heterocycles. The molecule has 1 amide bonds. The number of nitrogens with zero attached hydrogens (tertiary/aromatic N) is 5. The molecule has 0 spiro atoms. The average molecular weight is 308 g/mol. The van der Waals surface area contributed by atoms with Gasteiger partial charge in [-0.05, 0) is 24.9 Å². The monoisotopic (exact) mass is 308 g/mol. The molecule has 21 heavy (non-hydrogen) atoms. The summed E-state index contributed by atoms with van der Waals surface area (Å²) in [6.45, 7) is 5.26. The molecule has 0 aliphatic carbocycles. The van der Waals surface area contributed by atoms with Gasteiger partial charge in [0.05, 0.1) is 18.8 Å². The molecule has 1 fully saturated rings. The van der Waals surface area contributed by atoms with Crippen molar-refractivity contribution in [2.75, 3.05) is 19.7 Å². The zero-order chi connectivity index (χ0) is 14.8. The molecule has 0 bridgehead atoms. The lowest BCUT2D eigenvalue weighted by Crippen LogP contribution is -2.42. The third kappa shape index (κ3) is 2.79. The van der Waals surface area contributed by atoms with Crippen LogP contribution >= 0.6 is 11.5 Å². The molecule has 112 valence electrons. The number of nitrogens with one attached hydrogen (secondary N) is 1. The first-order valence-corrected chi connectivity index (χ1v) is 7.57. The van der Waals surface area contributed by atoms with E-state index in [1.54, 1.807) is 4.90 Å². The van der Waals surface area contributed by atoms with Crippen LogP contribution in [0, 0.1) is 6.92 Å². The highest BCUT2D eigenvalue weighted by Gasteiger charge is 2.30. The Balaban J connectivity index is 1.75. The predicted molar refractivity (Wildman–Crippen MR) is 75.0 cm³/mol. The van der Waals surface area contributed by atoms with Crippen LogP contribution in [0.2, 0.25) is 0 Å². The topological polar surface area (TPSA) is 96.9 Å². The number of carbonyl (C=O) groups is 1. The van der Waals surface area contributed by atoms with Gasteiger partial charge in [0.1, 0.15) is 16.8 Å². The Hall–Kier alpha value is -1.87. The first kappa shape index (κ1) is 14.1. The fourth-order valence-corrected chi connectivity index (χ4v) is 2.96. The van der Waals surface area contributed by atoms with Gasteiger partial charge >= 0.3 is 0 Å². The molecule has 1 N–H and O–H groups in total. The van der Waals surface area contributed by atoms with Crippen LogP contribution in [0.3, 0.4) is 0 Å². The van der Waals surface area contributed by atoms with Crippen molar-refractivity contribution in [3.05, 3.63) is 22.2 Å². The number of hydrogen-bond acceptors (Lipinski definition) is 7. The number of amides is 1. The van der Waals surface area contributed by atoms with Crippen LogP contribution in [0.5, 0.6) is 0 Å². The minimum Gasteiger partial charge on any atom is -0.366 e. The average Bonchev–Trinajstić information content (AvgIpc) is 3.15. The largest absolute Gasteiger partial charge is 0.366 e. The Kier molecular flexibility index (Phi) is 3.93. The van der Waals surface area contributed by atoms with Crippen molar-refractivity contribution in [1.29, 1.82) is 0 Å². The van der Waals surface area contributed by atoms with Crippen LogP contribution < -0.4 is 0 Å². The summed E-state index contributed by atoms with van der Waals surface area (Å²) in [4.78, 5) is 19.2. The number of aromatic nitrogens is 5. The third-order valence-electron chi connectivity index (χ3n) is 3.34. The molecule has 3 rings (SSSR count). The van der Waals surface area contributed by atoms with Crippen LogP contribution in [0.4, 0.5) is 0 Å². The van der Waals surface area contributed by atoms with Gasteiger partial charge in [0.15, 0.2) is 5.82 Å². The fraction of sp³-hybridized carbons (Fsp3) is 0.583. The van der Waals surface area contributed by atoms with Gasteiger partial charge in [-0.25, -0.2) is 4.98 Å². The summed E-state index contributed by atoms with van der Waals surface area (Å²) in [6, 6.07) is 0. The van der Waals surface area contributed by atoms with E-state index in [0.29, 0.717) is 36.8 Å². The van der Waals surface area contributed by atoms with E-state index in [2.05, 4.69) is 24.8 Å². The third-order valence-corrected chi connectivity index (χ3v) is 4.10. The van der Waals surface area contributed by atoms with Crippen LogP contribution in [0.1, 0.15) is 40.0 Å². The lowest BCUT2D eigenvalue weighted by Gasteiger charge is -2.31. The van der Waals surface area contributed by atoms with Crippen molar-refractivity contribution in [3.8, 4) is 0 Å². The number of aromatic amines is 1. The first-order chi connectivity index (χ1) is 10.2. The molecule has 9 heteroatoms. The van der Waals surface area contributed by atoms with Crippen molar-refractivity contribution in [2.45, 2.75) is 26.4 Å². The molecule has 0 unspecified atom stereocenters. The van der Waals surface area contributed by atoms with Gasteiger partial charge in [-0.1, -0.05) is 11.4 Å². The second-order valence-electron chi connectivity index (χ2n) is 4.79. The Morgan fingerprint density at radius 3 is 3.14 bits per heavy atom. The summed E-state index contributed by atoms with van der Waals surface area (Å²) in [5.74, 6) is 1.28. The van der Waals surface area contributed by atoms with Gasteiger partial charge in [-0.15, -0.1) is 5.10 Å². The maximum atomic E-state index is 12.6. The Labute approximate surface area is 125 Å². The molecule has 8 nitrogen and oxygen atoms in total. The summed E-state index contributed by atoms with van der Waals surface area (Å²) < 4.78 is 9.54. The van der Waals surface area contributed by atoms with E-state index >= 15 is 0 Å². The van der Waals surface area contributed by atoms with Crippen molar-refractivity contribution in [1.82, 2.24) is 29.7 Å². The number of ether oxygens (including phenoxy) is 1. The van der Waals surface area contributed by atoms with Crippen molar-refractivity contribution in [3.63, 3.8) is 0 Å². The van der Waals surface area contributed by atoms with Gasteiger partial charge in [0, 0.05) is 6.54 Å². The normalized spacial score (nSPS) is 19.0. The standard InChI is InChI=1S/C12H16N6O2S/c1-3-8-10(21-17-15-8)12(19)18-4-5-20-9(6-18)11-13-7(2)14-16-11/h9H,3-6H2,1-2H3,(H,13,14,16)/t9-/m1/s1. The molecule has 2 aromatic rings. The highest BCUT2D eigenvalue weighted by molar-refractivity contribution is 7.08. The number of rotatable bonds is 3. The van der Waals surface area contributed by atoms with Gasteiger partial charge in [0.25, 0.3) is 5.91 Å². The lowest BCUT2D eigenvalue weighted by molar-refractivity contribution is -0.0265. The number of hydrogen-bond donors (Lipinski definition) is 1. The number of carbonyl (C=O) groups excluding carboxylic acids is 1.